The monoisotopic (exact) mass is 375 g/mol. The second-order valence-electron chi connectivity index (χ2n) is 2.25. The summed E-state index contributed by atoms with van der Waals surface area (Å²) in [5, 5.41) is 9.09. The topological polar surface area (TPSA) is 63.3 Å². The fraction of sp³-hybridized carbons (Fsp3) is 0. The summed E-state index contributed by atoms with van der Waals surface area (Å²) in [6, 6.07) is 1.32. The Morgan fingerprint density at radius 1 is 1.69 bits per heavy atom. The van der Waals surface area contributed by atoms with Crippen molar-refractivity contribution >= 4 is 61.8 Å². The van der Waals surface area contributed by atoms with E-state index >= 15 is 0 Å². The first-order valence-electron chi connectivity index (χ1n) is 3.11. The molecule has 6 heteroatoms. The molecule has 0 aromatic heterocycles. The molecule has 0 aliphatic rings. The second-order valence-corrected chi connectivity index (χ2v) is 4.53. The Morgan fingerprint density at radius 2 is 2.23 bits per heavy atom. The predicted octanol–water partition coefficient (Wildman–Crippen LogP) is 2.99. The highest BCUT2D eigenvalue weighted by molar-refractivity contribution is 14.1. The average Bonchev–Trinajstić information content (AvgIpc) is 2.07. The molecule has 0 bridgehead atoms. The molecule has 70 valence electrons. The van der Waals surface area contributed by atoms with Crippen LogP contribution in [0.4, 0.5) is 5.69 Å². The van der Waals surface area contributed by atoms with E-state index in [2.05, 4.69) is 15.9 Å². The third kappa shape index (κ3) is 2.08. The lowest BCUT2D eigenvalue weighted by atomic mass is 10.2. The zero-order valence-electron chi connectivity index (χ0n) is 6.14. The highest BCUT2D eigenvalue weighted by Gasteiger charge is 2.15. The first-order chi connectivity index (χ1) is 5.95. The number of carboxylic acids is 1. The highest BCUT2D eigenvalue weighted by Crippen LogP contribution is 2.34. The minimum Gasteiger partial charge on any atom is -0.478 e. The van der Waals surface area contributed by atoms with Gasteiger partial charge in [0.25, 0.3) is 0 Å². The van der Waals surface area contributed by atoms with Crippen molar-refractivity contribution in [2.24, 2.45) is 0 Å². The van der Waals surface area contributed by atoms with Gasteiger partial charge in [-0.3, -0.25) is 0 Å². The SMILES string of the molecule is Nc1c(C(=O)O)cc(Cl)c(Br)c1I. The third-order valence-electron chi connectivity index (χ3n) is 1.43. The molecule has 1 aromatic rings. The number of aromatic carboxylic acids is 1. The Bertz CT molecular complexity index is 383. The summed E-state index contributed by atoms with van der Waals surface area (Å²) >= 11 is 10.9. The van der Waals surface area contributed by atoms with E-state index in [1.165, 1.54) is 6.07 Å². The largest absolute Gasteiger partial charge is 0.478 e. The summed E-state index contributed by atoms with van der Waals surface area (Å²) in [5.41, 5.74) is 5.83. The van der Waals surface area contributed by atoms with E-state index in [0.29, 0.717) is 13.1 Å². The molecule has 0 heterocycles. The molecule has 3 nitrogen and oxygen atoms in total. The Morgan fingerprint density at radius 3 is 2.69 bits per heavy atom. The number of hydrogen-bond donors (Lipinski definition) is 2. The molecule has 0 spiro atoms. The van der Waals surface area contributed by atoms with Crippen LogP contribution in [0.15, 0.2) is 10.5 Å². The number of halogens is 3. The van der Waals surface area contributed by atoms with Crippen LogP contribution < -0.4 is 5.73 Å². The van der Waals surface area contributed by atoms with Crippen LogP contribution in [0.1, 0.15) is 10.4 Å². The van der Waals surface area contributed by atoms with Crippen LogP contribution in [0, 0.1) is 3.57 Å². The Kier molecular flexibility index (Phi) is 3.42. The molecule has 0 saturated heterocycles. The Hall–Kier alpha value is -0.01000. The molecule has 1 aromatic carbocycles. The molecule has 0 amide bonds. The molecule has 1 rings (SSSR count). The van der Waals surface area contributed by atoms with E-state index in [1.807, 2.05) is 22.6 Å². The number of anilines is 1. The number of hydrogen-bond acceptors (Lipinski definition) is 2. The van der Waals surface area contributed by atoms with Gasteiger partial charge in [-0.25, -0.2) is 4.79 Å². The average molecular weight is 376 g/mol. The molecule has 0 fully saturated rings. The van der Waals surface area contributed by atoms with Gasteiger partial charge in [0, 0.05) is 0 Å². The normalized spacial score (nSPS) is 10.1. The molecule has 0 radical (unpaired) electrons. The van der Waals surface area contributed by atoms with Crippen molar-refractivity contribution in [3.63, 3.8) is 0 Å². The summed E-state index contributed by atoms with van der Waals surface area (Å²) < 4.78 is 1.24. The van der Waals surface area contributed by atoms with E-state index in [-0.39, 0.29) is 11.3 Å². The van der Waals surface area contributed by atoms with Crippen LogP contribution >= 0.6 is 50.1 Å². The molecular weight excluding hydrogens is 372 g/mol. The number of carbonyl (C=O) groups is 1. The zero-order valence-corrected chi connectivity index (χ0v) is 10.6. The van der Waals surface area contributed by atoms with Crippen molar-refractivity contribution in [2.45, 2.75) is 0 Å². The van der Waals surface area contributed by atoms with Gasteiger partial charge >= 0.3 is 5.97 Å². The Labute approximate surface area is 102 Å². The summed E-state index contributed by atoms with van der Waals surface area (Å²) in [6.07, 6.45) is 0. The van der Waals surface area contributed by atoms with Crippen LogP contribution in [0.2, 0.25) is 5.02 Å². The fourth-order valence-electron chi connectivity index (χ4n) is 0.786. The lowest BCUT2D eigenvalue weighted by Crippen LogP contribution is -2.04. The predicted molar refractivity (Wildman–Crippen MR) is 63.2 cm³/mol. The lowest BCUT2D eigenvalue weighted by Gasteiger charge is -2.06. The van der Waals surface area contributed by atoms with Gasteiger partial charge in [0.05, 0.1) is 24.3 Å². The fourth-order valence-corrected chi connectivity index (χ4v) is 2.06. The van der Waals surface area contributed by atoms with Crippen molar-refractivity contribution in [2.75, 3.05) is 5.73 Å². The number of benzene rings is 1. The standard InChI is InChI=1S/C7H4BrClINO2/c8-4-3(9)1-2(7(12)13)6(11)5(4)10/h1H,11H2,(H,12,13). The molecule has 0 atom stereocenters. The summed E-state index contributed by atoms with van der Waals surface area (Å²) in [5.74, 6) is -1.08. The third-order valence-corrected chi connectivity index (χ3v) is 4.64. The number of nitrogens with two attached hydrogens (primary N) is 1. The van der Waals surface area contributed by atoms with Crippen molar-refractivity contribution in [3.8, 4) is 0 Å². The quantitative estimate of drug-likeness (QED) is 0.450. The van der Waals surface area contributed by atoms with Gasteiger partial charge in [0.1, 0.15) is 0 Å². The van der Waals surface area contributed by atoms with Gasteiger partial charge in [0.15, 0.2) is 0 Å². The summed E-state index contributed by atoms with van der Waals surface area (Å²) in [7, 11) is 0. The molecule has 0 aliphatic carbocycles. The van der Waals surface area contributed by atoms with Crippen molar-refractivity contribution in [1.82, 2.24) is 0 Å². The maximum Gasteiger partial charge on any atom is 0.337 e. The Balaban J connectivity index is 3.50. The smallest absolute Gasteiger partial charge is 0.337 e. The van der Waals surface area contributed by atoms with Gasteiger partial charge in [-0.15, -0.1) is 0 Å². The molecule has 0 aliphatic heterocycles. The van der Waals surface area contributed by atoms with Gasteiger partial charge in [-0.1, -0.05) is 11.6 Å². The second kappa shape index (κ2) is 4.02. The molecule has 0 unspecified atom stereocenters. The summed E-state index contributed by atoms with van der Waals surface area (Å²) in [6.45, 7) is 0. The first-order valence-corrected chi connectivity index (χ1v) is 5.36. The molecule has 3 N–H and O–H groups in total. The lowest BCUT2D eigenvalue weighted by molar-refractivity contribution is 0.0698. The maximum absolute atomic E-state index is 10.7. The minimum atomic E-state index is -1.08. The van der Waals surface area contributed by atoms with Crippen LogP contribution in [-0.2, 0) is 0 Å². The van der Waals surface area contributed by atoms with Gasteiger partial charge in [-0.2, -0.15) is 0 Å². The number of rotatable bonds is 1. The maximum atomic E-state index is 10.7. The van der Waals surface area contributed by atoms with E-state index in [4.69, 9.17) is 22.4 Å². The van der Waals surface area contributed by atoms with Crippen molar-refractivity contribution < 1.29 is 9.90 Å². The summed E-state index contributed by atoms with van der Waals surface area (Å²) in [4.78, 5) is 10.7. The zero-order chi connectivity index (χ0) is 10.2. The minimum absolute atomic E-state index is 0.0256. The van der Waals surface area contributed by atoms with Crippen LogP contribution in [0.3, 0.4) is 0 Å². The van der Waals surface area contributed by atoms with E-state index < -0.39 is 5.97 Å². The van der Waals surface area contributed by atoms with E-state index in [0.717, 1.165) is 0 Å². The molecule has 13 heavy (non-hydrogen) atoms. The van der Waals surface area contributed by atoms with Crippen LogP contribution in [0.25, 0.3) is 0 Å². The van der Waals surface area contributed by atoms with Gasteiger partial charge in [-0.05, 0) is 44.6 Å². The highest BCUT2D eigenvalue weighted by atomic mass is 127. The van der Waals surface area contributed by atoms with Crippen LogP contribution in [-0.4, -0.2) is 11.1 Å². The van der Waals surface area contributed by atoms with Crippen molar-refractivity contribution in [1.29, 1.82) is 0 Å². The molecular formula is C7H4BrClINO2. The molecule has 0 saturated carbocycles. The van der Waals surface area contributed by atoms with Crippen LogP contribution in [0.5, 0.6) is 0 Å². The number of nitrogen functional groups attached to an aromatic ring is 1. The van der Waals surface area contributed by atoms with E-state index in [1.54, 1.807) is 0 Å². The van der Waals surface area contributed by atoms with Gasteiger partial charge in [0.2, 0.25) is 0 Å². The van der Waals surface area contributed by atoms with Crippen molar-refractivity contribution in [3.05, 3.63) is 24.7 Å². The van der Waals surface area contributed by atoms with E-state index in [9.17, 15) is 4.79 Å². The first kappa shape index (κ1) is 11.1. The number of carboxylic acid groups (broad SMARTS) is 1. The van der Waals surface area contributed by atoms with Gasteiger partial charge < -0.3 is 10.8 Å².